The predicted octanol–water partition coefficient (Wildman–Crippen LogP) is 2.40. The molecule has 0 radical (unpaired) electrons. The van der Waals surface area contributed by atoms with E-state index < -0.39 is 0 Å². The molecule has 1 aromatic rings. The van der Waals surface area contributed by atoms with Crippen molar-refractivity contribution >= 4 is 11.6 Å². The van der Waals surface area contributed by atoms with Gasteiger partial charge in [-0.3, -0.25) is 4.79 Å². The minimum Gasteiger partial charge on any atom is -0.381 e. The highest BCUT2D eigenvalue weighted by molar-refractivity contribution is 5.80. The minimum absolute atomic E-state index is 0.158. The normalized spacial score (nSPS) is 25.0. The van der Waals surface area contributed by atoms with Crippen molar-refractivity contribution in [2.45, 2.75) is 19.8 Å². The van der Waals surface area contributed by atoms with Gasteiger partial charge >= 0.3 is 0 Å². The van der Waals surface area contributed by atoms with Crippen molar-refractivity contribution in [1.82, 2.24) is 4.90 Å². The number of hydrogen-bond acceptors (Lipinski definition) is 3. The van der Waals surface area contributed by atoms with Gasteiger partial charge in [-0.1, -0.05) is 18.2 Å². The van der Waals surface area contributed by atoms with Gasteiger partial charge in [0.25, 0.3) is 0 Å². The van der Waals surface area contributed by atoms with Gasteiger partial charge in [-0.25, -0.2) is 0 Å². The van der Waals surface area contributed by atoms with Gasteiger partial charge in [0.15, 0.2) is 0 Å². The minimum atomic E-state index is 0.158. The number of ether oxygens (including phenoxy) is 1. The number of anilines is 1. The van der Waals surface area contributed by atoms with E-state index in [-0.39, 0.29) is 5.92 Å². The number of para-hydroxylation sites is 1. The molecule has 4 nitrogen and oxygen atoms in total. The summed E-state index contributed by atoms with van der Waals surface area (Å²) in [6, 6.07) is 10.4. The van der Waals surface area contributed by atoms with Crippen LogP contribution in [0.5, 0.6) is 0 Å². The Bertz CT molecular complexity index is 491. The molecule has 0 saturated carbocycles. The largest absolute Gasteiger partial charge is 0.381 e. The fraction of sp³-hybridized carbons (Fsp3) is 0.611. The maximum atomic E-state index is 12.7. The Labute approximate surface area is 133 Å². The van der Waals surface area contributed by atoms with Gasteiger partial charge in [0.1, 0.15) is 0 Å². The summed E-state index contributed by atoms with van der Waals surface area (Å²) >= 11 is 0. The molecule has 2 aliphatic rings. The zero-order valence-electron chi connectivity index (χ0n) is 13.4. The van der Waals surface area contributed by atoms with Gasteiger partial charge in [-0.2, -0.15) is 0 Å². The molecule has 1 amide bonds. The number of hydrogen-bond donors (Lipinski definition) is 0. The lowest BCUT2D eigenvalue weighted by Crippen LogP contribution is -2.36. The Kier molecular flexibility index (Phi) is 4.98. The van der Waals surface area contributed by atoms with Crippen LogP contribution < -0.4 is 4.90 Å². The first kappa shape index (κ1) is 15.3. The molecule has 0 aromatic heterocycles. The Morgan fingerprint density at radius 1 is 1.18 bits per heavy atom. The Morgan fingerprint density at radius 3 is 2.77 bits per heavy atom. The molecule has 0 unspecified atom stereocenters. The third kappa shape index (κ3) is 3.43. The molecule has 0 N–H and O–H groups in total. The fourth-order valence-corrected chi connectivity index (χ4v) is 3.55. The third-order valence-electron chi connectivity index (χ3n) is 4.81. The molecule has 2 saturated heterocycles. The van der Waals surface area contributed by atoms with Crippen molar-refractivity contribution in [2.24, 2.45) is 11.8 Å². The van der Waals surface area contributed by atoms with E-state index in [1.54, 1.807) is 0 Å². The topological polar surface area (TPSA) is 32.8 Å². The number of likely N-dealkylation sites (tertiary alicyclic amines) is 1. The van der Waals surface area contributed by atoms with E-state index in [9.17, 15) is 4.79 Å². The lowest BCUT2D eigenvalue weighted by atomic mass is 10.1. The van der Waals surface area contributed by atoms with Crippen LogP contribution in [0.15, 0.2) is 30.3 Å². The number of carbonyl (C=O) groups excluding carboxylic acids is 1. The number of amides is 1. The summed E-state index contributed by atoms with van der Waals surface area (Å²) in [5, 5.41) is 0. The summed E-state index contributed by atoms with van der Waals surface area (Å²) in [6.07, 6.45) is 2.06. The summed E-state index contributed by atoms with van der Waals surface area (Å²) < 4.78 is 5.50. The van der Waals surface area contributed by atoms with Crippen LogP contribution in [0.1, 0.15) is 19.8 Å². The summed E-state index contributed by atoms with van der Waals surface area (Å²) in [7, 11) is 0. The predicted molar refractivity (Wildman–Crippen MR) is 87.9 cm³/mol. The molecule has 0 bridgehead atoms. The third-order valence-corrected chi connectivity index (χ3v) is 4.81. The second kappa shape index (κ2) is 7.14. The van der Waals surface area contributed by atoms with Crippen molar-refractivity contribution in [3.05, 3.63) is 30.3 Å². The van der Waals surface area contributed by atoms with Gasteiger partial charge in [0.2, 0.25) is 5.91 Å². The van der Waals surface area contributed by atoms with E-state index in [1.165, 1.54) is 5.69 Å². The molecule has 3 rings (SSSR count). The molecule has 2 heterocycles. The molecule has 2 fully saturated rings. The molecule has 120 valence electrons. The van der Waals surface area contributed by atoms with Crippen molar-refractivity contribution < 1.29 is 9.53 Å². The molecule has 4 heteroatoms. The second-order valence-corrected chi connectivity index (χ2v) is 6.37. The monoisotopic (exact) mass is 302 g/mol. The average molecular weight is 302 g/mol. The van der Waals surface area contributed by atoms with Crippen molar-refractivity contribution in [2.75, 3.05) is 44.3 Å². The summed E-state index contributed by atoms with van der Waals surface area (Å²) in [4.78, 5) is 17.1. The van der Waals surface area contributed by atoms with E-state index in [2.05, 4.69) is 34.1 Å². The molecular formula is C18H26N2O2. The average Bonchev–Trinajstić information content (AvgIpc) is 3.23. The molecule has 22 heavy (non-hydrogen) atoms. The Balaban J connectivity index is 1.52. The maximum absolute atomic E-state index is 12.7. The van der Waals surface area contributed by atoms with E-state index in [0.29, 0.717) is 11.8 Å². The number of rotatable bonds is 5. The second-order valence-electron chi connectivity index (χ2n) is 6.37. The maximum Gasteiger partial charge on any atom is 0.227 e. The summed E-state index contributed by atoms with van der Waals surface area (Å²) in [6.45, 7) is 7.19. The highest BCUT2D eigenvalue weighted by atomic mass is 16.5. The standard InChI is InChI=1S/C18H26N2O2/c1-2-22-14-15-8-10-20(12-15)18(21)16-9-11-19(13-16)17-6-4-3-5-7-17/h3-7,15-16H,2,8-14H2,1H3/t15-,16-/m0/s1. The van der Waals surface area contributed by atoms with Crippen molar-refractivity contribution in [3.8, 4) is 0 Å². The van der Waals surface area contributed by atoms with Crippen LogP contribution in [0.3, 0.4) is 0 Å². The van der Waals surface area contributed by atoms with E-state index in [4.69, 9.17) is 4.74 Å². The van der Waals surface area contributed by atoms with Crippen LogP contribution in [0, 0.1) is 11.8 Å². The fourth-order valence-electron chi connectivity index (χ4n) is 3.55. The first-order valence-electron chi connectivity index (χ1n) is 8.44. The number of carbonyl (C=O) groups is 1. The van der Waals surface area contributed by atoms with Gasteiger partial charge in [-0.15, -0.1) is 0 Å². The van der Waals surface area contributed by atoms with E-state index in [1.807, 2.05) is 13.0 Å². The van der Waals surface area contributed by atoms with Crippen molar-refractivity contribution in [1.29, 1.82) is 0 Å². The zero-order valence-corrected chi connectivity index (χ0v) is 13.4. The zero-order chi connectivity index (χ0) is 15.4. The number of benzene rings is 1. The van der Waals surface area contributed by atoms with Crippen molar-refractivity contribution in [3.63, 3.8) is 0 Å². The van der Waals surface area contributed by atoms with Crippen LogP contribution in [0.4, 0.5) is 5.69 Å². The van der Waals surface area contributed by atoms with Crippen LogP contribution in [-0.2, 0) is 9.53 Å². The van der Waals surface area contributed by atoms with Gasteiger partial charge in [0.05, 0.1) is 12.5 Å². The van der Waals surface area contributed by atoms with Crippen LogP contribution in [0.25, 0.3) is 0 Å². The SMILES string of the molecule is CCOC[C@H]1CCN(C(=O)[C@H]2CCN(c3ccccc3)C2)C1. The quantitative estimate of drug-likeness (QED) is 0.837. The highest BCUT2D eigenvalue weighted by Crippen LogP contribution is 2.27. The first-order valence-corrected chi connectivity index (χ1v) is 8.44. The van der Waals surface area contributed by atoms with Crippen LogP contribution in [0.2, 0.25) is 0 Å². The summed E-state index contributed by atoms with van der Waals surface area (Å²) in [5.41, 5.74) is 1.23. The summed E-state index contributed by atoms with van der Waals surface area (Å²) in [5.74, 6) is 1.03. The first-order chi connectivity index (χ1) is 10.8. The molecule has 2 aliphatic heterocycles. The molecule has 1 aromatic carbocycles. The Hall–Kier alpha value is -1.55. The van der Waals surface area contributed by atoms with Crippen LogP contribution >= 0.6 is 0 Å². The van der Waals surface area contributed by atoms with Gasteiger partial charge in [0, 0.05) is 44.4 Å². The smallest absolute Gasteiger partial charge is 0.227 e. The Morgan fingerprint density at radius 2 is 2.00 bits per heavy atom. The highest BCUT2D eigenvalue weighted by Gasteiger charge is 2.34. The van der Waals surface area contributed by atoms with E-state index in [0.717, 1.165) is 52.2 Å². The molecular weight excluding hydrogens is 276 g/mol. The molecule has 0 aliphatic carbocycles. The van der Waals surface area contributed by atoms with Gasteiger partial charge in [-0.05, 0) is 31.9 Å². The molecule has 0 spiro atoms. The lowest BCUT2D eigenvalue weighted by molar-refractivity contribution is -0.133. The number of nitrogens with zero attached hydrogens (tertiary/aromatic N) is 2. The van der Waals surface area contributed by atoms with Gasteiger partial charge < -0.3 is 14.5 Å². The van der Waals surface area contributed by atoms with Crippen LogP contribution in [-0.4, -0.2) is 50.2 Å². The molecule has 2 atom stereocenters. The van der Waals surface area contributed by atoms with E-state index >= 15 is 0 Å². The lowest BCUT2D eigenvalue weighted by Gasteiger charge is -2.22.